The molecule has 6 nitrogen and oxygen atoms in total. The highest BCUT2D eigenvalue weighted by Gasteiger charge is 2.17. The van der Waals surface area contributed by atoms with E-state index in [9.17, 15) is 13.2 Å². The van der Waals surface area contributed by atoms with Crippen LogP contribution in [0.3, 0.4) is 0 Å². The van der Waals surface area contributed by atoms with Crippen LogP contribution in [0.5, 0.6) is 0 Å². The van der Waals surface area contributed by atoms with Crippen LogP contribution in [0.25, 0.3) is 0 Å². The maximum absolute atomic E-state index is 12.0. The first-order valence-electron chi connectivity index (χ1n) is 6.54. The third-order valence-electron chi connectivity index (χ3n) is 2.60. The number of halogens is 1. The summed E-state index contributed by atoms with van der Waals surface area (Å²) in [6.07, 6.45) is 0.0680. The van der Waals surface area contributed by atoms with Crippen molar-refractivity contribution < 1.29 is 13.2 Å². The van der Waals surface area contributed by atoms with Gasteiger partial charge in [-0.3, -0.25) is 4.79 Å². The van der Waals surface area contributed by atoms with Gasteiger partial charge in [0.25, 0.3) is 0 Å². The Morgan fingerprint density at radius 2 is 2.05 bits per heavy atom. The molecule has 0 aliphatic carbocycles. The van der Waals surface area contributed by atoms with Crippen LogP contribution in [0.15, 0.2) is 23.1 Å². The van der Waals surface area contributed by atoms with Gasteiger partial charge in [0.15, 0.2) is 0 Å². The summed E-state index contributed by atoms with van der Waals surface area (Å²) in [5.74, 6) is 0.147. The first-order chi connectivity index (χ1) is 9.72. The second kappa shape index (κ2) is 7.63. The molecule has 0 aliphatic rings. The van der Waals surface area contributed by atoms with Gasteiger partial charge in [-0.05, 0) is 24.1 Å². The van der Waals surface area contributed by atoms with E-state index >= 15 is 0 Å². The second-order valence-electron chi connectivity index (χ2n) is 5.04. The van der Waals surface area contributed by atoms with Gasteiger partial charge in [-0.2, -0.15) is 0 Å². The van der Waals surface area contributed by atoms with Crippen molar-refractivity contribution in [2.24, 2.45) is 5.92 Å². The van der Waals surface area contributed by atoms with Crippen molar-refractivity contribution in [3.8, 4) is 0 Å². The van der Waals surface area contributed by atoms with Gasteiger partial charge >= 0.3 is 0 Å². The van der Waals surface area contributed by atoms with Gasteiger partial charge in [-0.1, -0.05) is 25.4 Å². The highest BCUT2D eigenvalue weighted by Crippen LogP contribution is 2.23. The summed E-state index contributed by atoms with van der Waals surface area (Å²) in [7, 11) is -3.75. The molecule has 0 radical (unpaired) electrons. The average Bonchev–Trinajstić information content (AvgIpc) is 2.35. The molecule has 0 saturated heterocycles. The number of carbonyl (C=O) groups is 1. The molecule has 0 heterocycles. The standard InChI is InChI=1S/C13H20ClN3O3S/c1-9(2)8-16-13(18)5-6-17-21(19,20)12-4-3-10(15)7-11(12)14/h3-4,7,9,17H,5-6,8,15H2,1-2H3,(H,16,18). The third kappa shape index (κ3) is 5.91. The van der Waals surface area contributed by atoms with E-state index in [1.54, 1.807) is 0 Å². The highest BCUT2D eigenvalue weighted by atomic mass is 35.5. The summed E-state index contributed by atoms with van der Waals surface area (Å²) in [5, 5.41) is 2.76. The molecule has 0 aromatic heterocycles. The Kier molecular flexibility index (Phi) is 6.44. The van der Waals surface area contributed by atoms with Gasteiger partial charge in [0, 0.05) is 25.2 Å². The molecule has 1 aromatic carbocycles. The van der Waals surface area contributed by atoms with Gasteiger partial charge in [-0.15, -0.1) is 0 Å². The number of nitrogens with two attached hydrogens (primary N) is 1. The van der Waals surface area contributed by atoms with Crippen LogP contribution in [0, 0.1) is 5.92 Å². The molecule has 0 saturated carbocycles. The minimum atomic E-state index is -3.75. The van der Waals surface area contributed by atoms with E-state index in [2.05, 4.69) is 10.0 Å². The van der Waals surface area contributed by atoms with Crippen LogP contribution in [-0.4, -0.2) is 27.4 Å². The molecular formula is C13H20ClN3O3S. The minimum Gasteiger partial charge on any atom is -0.399 e. The lowest BCUT2D eigenvalue weighted by Gasteiger charge is -2.10. The molecule has 21 heavy (non-hydrogen) atoms. The van der Waals surface area contributed by atoms with Gasteiger partial charge in [-0.25, -0.2) is 13.1 Å². The van der Waals surface area contributed by atoms with E-state index < -0.39 is 10.0 Å². The monoisotopic (exact) mass is 333 g/mol. The van der Waals surface area contributed by atoms with E-state index in [0.29, 0.717) is 18.2 Å². The molecule has 118 valence electrons. The summed E-state index contributed by atoms with van der Waals surface area (Å²) in [6.45, 7) is 4.53. The number of amides is 1. The lowest BCUT2D eigenvalue weighted by molar-refractivity contribution is -0.121. The predicted molar refractivity (Wildman–Crippen MR) is 83.5 cm³/mol. The molecular weight excluding hydrogens is 314 g/mol. The van der Waals surface area contributed by atoms with Crippen LogP contribution in [0.4, 0.5) is 5.69 Å². The number of nitrogens with one attached hydrogen (secondary N) is 2. The van der Waals surface area contributed by atoms with Crippen LogP contribution in [-0.2, 0) is 14.8 Å². The average molecular weight is 334 g/mol. The number of nitrogen functional groups attached to an aromatic ring is 1. The molecule has 4 N–H and O–H groups in total. The number of anilines is 1. The van der Waals surface area contributed by atoms with E-state index in [4.69, 9.17) is 17.3 Å². The predicted octanol–water partition coefficient (Wildman–Crippen LogP) is 1.36. The Bertz CT molecular complexity index is 603. The van der Waals surface area contributed by atoms with E-state index in [-0.39, 0.29) is 28.8 Å². The molecule has 0 unspecified atom stereocenters. The summed E-state index contributed by atoms with van der Waals surface area (Å²) in [5.41, 5.74) is 5.90. The quantitative estimate of drug-likeness (QED) is 0.656. The SMILES string of the molecule is CC(C)CNC(=O)CCNS(=O)(=O)c1ccc(N)cc1Cl. The number of rotatable bonds is 7. The fraction of sp³-hybridized carbons (Fsp3) is 0.462. The molecule has 0 atom stereocenters. The second-order valence-corrected chi connectivity index (χ2v) is 7.18. The van der Waals surface area contributed by atoms with Crippen LogP contribution < -0.4 is 15.8 Å². The Balaban J connectivity index is 2.56. The smallest absolute Gasteiger partial charge is 0.242 e. The summed E-state index contributed by atoms with van der Waals surface area (Å²) in [6, 6.07) is 4.15. The van der Waals surface area contributed by atoms with Crippen LogP contribution >= 0.6 is 11.6 Å². The molecule has 1 amide bonds. The largest absolute Gasteiger partial charge is 0.399 e. The first-order valence-corrected chi connectivity index (χ1v) is 8.40. The Labute approximate surface area is 130 Å². The molecule has 0 fully saturated rings. The van der Waals surface area contributed by atoms with E-state index in [0.717, 1.165) is 0 Å². The Morgan fingerprint density at radius 3 is 2.62 bits per heavy atom. The summed E-state index contributed by atoms with van der Waals surface area (Å²) >= 11 is 5.86. The zero-order valence-electron chi connectivity index (χ0n) is 12.0. The number of hydrogen-bond acceptors (Lipinski definition) is 4. The van der Waals surface area contributed by atoms with Crippen LogP contribution in [0.1, 0.15) is 20.3 Å². The van der Waals surface area contributed by atoms with Crippen molar-refractivity contribution in [1.82, 2.24) is 10.0 Å². The number of sulfonamides is 1. The fourth-order valence-corrected chi connectivity index (χ4v) is 3.10. The highest BCUT2D eigenvalue weighted by molar-refractivity contribution is 7.89. The van der Waals surface area contributed by atoms with Gasteiger partial charge in [0.05, 0.1) is 5.02 Å². The summed E-state index contributed by atoms with van der Waals surface area (Å²) < 4.78 is 26.4. The van der Waals surface area contributed by atoms with E-state index in [1.165, 1.54) is 18.2 Å². The molecule has 8 heteroatoms. The fourth-order valence-electron chi connectivity index (χ4n) is 1.52. The zero-order chi connectivity index (χ0) is 16.0. The first kappa shape index (κ1) is 17.7. The molecule has 0 spiro atoms. The molecule has 1 rings (SSSR count). The number of hydrogen-bond donors (Lipinski definition) is 3. The molecule has 1 aromatic rings. The van der Waals surface area contributed by atoms with Gasteiger partial charge in [0.1, 0.15) is 4.90 Å². The maximum Gasteiger partial charge on any atom is 0.242 e. The normalized spacial score (nSPS) is 11.6. The molecule has 0 aliphatic heterocycles. The topological polar surface area (TPSA) is 101 Å². The van der Waals surface area contributed by atoms with Crippen molar-refractivity contribution in [3.05, 3.63) is 23.2 Å². The van der Waals surface area contributed by atoms with Crippen molar-refractivity contribution in [2.75, 3.05) is 18.8 Å². The Morgan fingerprint density at radius 1 is 1.38 bits per heavy atom. The van der Waals surface area contributed by atoms with Crippen LogP contribution in [0.2, 0.25) is 5.02 Å². The zero-order valence-corrected chi connectivity index (χ0v) is 13.6. The van der Waals surface area contributed by atoms with E-state index in [1.807, 2.05) is 13.8 Å². The van der Waals surface area contributed by atoms with Crippen molar-refractivity contribution >= 4 is 33.2 Å². The summed E-state index contributed by atoms with van der Waals surface area (Å²) in [4.78, 5) is 11.4. The molecule has 0 bridgehead atoms. The number of carbonyl (C=O) groups excluding carboxylic acids is 1. The lowest BCUT2D eigenvalue weighted by Crippen LogP contribution is -2.32. The number of benzene rings is 1. The maximum atomic E-state index is 12.0. The van der Waals surface area contributed by atoms with Gasteiger partial charge in [0.2, 0.25) is 15.9 Å². The van der Waals surface area contributed by atoms with Crippen molar-refractivity contribution in [1.29, 1.82) is 0 Å². The minimum absolute atomic E-state index is 0.00691. The third-order valence-corrected chi connectivity index (χ3v) is 4.54. The van der Waals surface area contributed by atoms with Gasteiger partial charge < -0.3 is 11.1 Å². The van der Waals surface area contributed by atoms with Crippen molar-refractivity contribution in [3.63, 3.8) is 0 Å². The Hall–Kier alpha value is -1.31. The lowest BCUT2D eigenvalue weighted by atomic mass is 10.2. The van der Waals surface area contributed by atoms with Crippen molar-refractivity contribution in [2.45, 2.75) is 25.2 Å².